The highest BCUT2D eigenvalue weighted by Crippen LogP contribution is 2.28. The zero-order valence-corrected chi connectivity index (χ0v) is 11.4. The van der Waals surface area contributed by atoms with Crippen molar-refractivity contribution in [1.29, 1.82) is 0 Å². The van der Waals surface area contributed by atoms with E-state index in [0.717, 1.165) is 45.0 Å². The largest absolute Gasteiger partial charge is 0.381 e. The van der Waals surface area contributed by atoms with Crippen LogP contribution in [0.15, 0.2) is 12.4 Å². The molecule has 0 aliphatic carbocycles. The number of aryl methyl sites for hydroxylation is 1. The summed E-state index contributed by atoms with van der Waals surface area (Å²) in [7, 11) is 4.15. The van der Waals surface area contributed by atoms with Crippen molar-refractivity contribution in [3.05, 3.63) is 18.2 Å². The Morgan fingerprint density at radius 2 is 2.44 bits per heavy atom. The molecule has 2 N–H and O–H groups in total. The van der Waals surface area contributed by atoms with Gasteiger partial charge in [-0.15, -0.1) is 0 Å². The molecule has 2 heterocycles. The van der Waals surface area contributed by atoms with Gasteiger partial charge in [-0.05, 0) is 19.9 Å². The fraction of sp³-hybridized carbons (Fsp3) is 0.769. The van der Waals surface area contributed by atoms with Crippen molar-refractivity contribution in [2.75, 3.05) is 33.4 Å². The second-order valence-corrected chi connectivity index (χ2v) is 5.49. The van der Waals surface area contributed by atoms with Gasteiger partial charge in [0, 0.05) is 44.6 Å². The van der Waals surface area contributed by atoms with Crippen LogP contribution in [0.25, 0.3) is 0 Å². The van der Waals surface area contributed by atoms with Crippen LogP contribution in [0.5, 0.6) is 0 Å². The Morgan fingerprint density at radius 1 is 1.61 bits per heavy atom. The quantitative estimate of drug-likeness (QED) is 0.834. The number of hydrogen-bond donors (Lipinski definition) is 1. The Morgan fingerprint density at radius 3 is 3.00 bits per heavy atom. The lowest BCUT2D eigenvalue weighted by Gasteiger charge is -2.38. The minimum Gasteiger partial charge on any atom is -0.381 e. The summed E-state index contributed by atoms with van der Waals surface area (Å²) >= 11 is 0. The smallest absolute Gasteiger partial charge is 0.122 e. The minimum absolute atomic E-state index is 0.123. The Kier molecular flexibility index (Phi) is 4.37. The summed E-state index contributed by atoms with van der Waals surface area (Å²) in [4.78, 5) is 6.65. The van der Waals surface area contributed by atoms with E-state index in [1.54, 1.807) is 0 Å². The maximum absolute atomic E-state index is 5.96. The van der Waals surface area contributed by atoms with Crippen molar-refractivity contribution in [2.45, 2.75) is 19.4 Å². The van der Waals surface area contributed by atoms with Crippen LogP contribution in [0.2, 0.25) is 0 Å². The van der Waals surface area contributed by atoms with Crippen LogP contribution in [0.1, 0.15) is 18.7 Å². The van der Waals surface area contributed by atoms with Crippen LogP contribution in [-0.2, 0) is 18.3 Å². The molecule has 5 nitrogen and oxygen atoms in total. The third kappa shape index (κ3) is 3.10. The van der Waals surface area contributed by atoms with Crippen LogP contribution in [-0.4, -0.2) is 47.8 Å². The van der Waals surface area contributed by atoms with E-state index in [9.17, 15) is 0 Å². The molecule has 0 bridgehead atoms. The molecule has 5 heteroatoms. The van der Waals surface area contributed by atoms with Crippen molar-refractivity contribution < 1.29 is 4.74 Å². The molecule has 1 fully saturated rings. The van der Waals surface area contributed by atoms with Crippen LogP contribution < -0.4 is 5.73 Å². The third-order valence-electron chi connectivity index (χ3n) is 3.77. The summed E-state index contributed by atoms with van der Waals surface area (Å²) in [6.45, 7) is 4.18. The predicted octanol–water partition coefficient (Wildman–Crippen LogP) is 0.607. The minimum atomic E-state index is 0.123. The van der Waals surface area contributed by atoms with E-state index in [0.29, 0.717) is 6.54 Å². The number of imidazole rings is 1. The van der Waals surface area contributed by atoms with Gasteiger partial charge in [0.25, 0.3) is 0 Å². The van der Waals surface area contributed by atoms with E-state index in [1.165, 1.54) is 0 Å². The third-order valence-corrected chi connectivity index (χ3v) is 3.77. The normalized spacial score (nSPS) is 24.7. The van der Waals surface area contributed by atoms with Crippen LogP contribution in [0.4, 0.5) is 0 Å². The summed E-state index contributed by atoms with van der Waals surface area (Å²) in [6.07, 6.45) is 6.10. The molecule has 1 aliphatic heterocycles. The van der Waals surface area contributed by atoms with Crippen molar-refractivity contribution in [3.63, 3.8) is 0 Å². The molecule has 18 heavy (non-hydrogen) atoms. The highest BCUT2D eigenvalue weighted by Gasteiger charge is 2.32. The van der Waals surface area contributed by atoms with E-state index < -0.39 is 0 Å². The molecule has 1 aromatic rings. The van der Waals surface area contributed by atoms with Gasteiger partial charge in [-0.25, -0.2) is 4.98 Å². The highest BCUT2D eigenvalue weighted by atomic mass is 16.5. The fourth-order valence-electron chi connectivity index (χ4n) is 2.68. The SMILES string of the molecule is CN(Cc1nccn1C)CC1(CN)CCCOC1. The van der Waals surface area contributed by atoms with Gasteiger partial charge in [0.15, 0.2) is 0 Å². The maximum atomic E-state index is 5.96. The summed E-state index contributed by atoms with van der Waals surface area (Å²) < 4.78 is 7.67. The molecule has 1 unspecified atom stereocenters. The first-order valence-electron chi connectivity index (χ1n) is 6.58. The van der Waals surface area contributed by atoms with Crippen LogP contribution in [0, 0.1) is 5.41 Å². The maximum Gasteiger partial charge on any atom is 0.122 e. The van der Waals surface area contributed by atoms with E-state index in [2.05, 4.69) is 21.5 Å². The van der Waals surface area contributed by atoms with E-state index in [4.69, 9.17) is 10.5 Å². The number of rotatable bonds is 5. The van der Waals surface area contributed by atoms with Gasteiger partial charge in [-0.1, -0.05) is 0 Å². The number of nitrogens with two attached hydrogens (primary N) is 1. The summed E-state index contributed by atoms with van der Waals surface area (Å²) in [5, 5.41) is 0. The first-order valence-corrected chi connectivity index (χ1v) is 6.58. The molecular weight excluding hydrogens is 228 g/mol. The lowest BCUT2D eigenvalue weighted by Crippen LogP contribution is -2.46. The highest BCUT2D eigenvalue weighted by molar-refractivity contribution is 4.92. The Balaban J connectivity index is 1.93. The molecule has 0 amide bonds. The van der Waals surface area contributed by atoms with Gasteiger partial charge in [-0.2, -0.15) is 0 Å². The molecule has 2 rings (SSSR count). The topological polar surface area (TPSA) is 56.3 Å². The molecule has 1 aliphatic rings. The molecular formula is C13H24N4O. The number of ether oxygens (including phenoxy) is 1. The molecule has 102 valence electrons. The Hall–Kier alpha value is -0.910. The molecule has 1 atom stereocenters. The van der Waals surface area contributed by atoms with Crippen LogP contribution >= 0.6 is 0 Å². The van der Waals surface area contributed by atoms with Gasteiger partial charge in [0.05, 0.1) is 13.2 Å². The lowest BCUT2D eigenvalue weighted by atomic mass is 9.82. The van der Waals surface area contributed by atoms with Gasteiger partial charge in [-0.3, -0.25) is 4.90 Å². The monoisotopic (exact) mass is 252 g/mol. The van der Waals surface area contributed by atoms with Crippen molar-refractivity contribution >= 4 is 0 Å². The van der Waals surface area contributed by atoms with Gasteiger partial charge in [0.1, 0.15) is 5.82 Å². The molecule has 1 aromatic heterocycles. The average molecular weight is 252 g/mol. The zero-order chi connectivity index (χ0) is 13.0. The second kappa shape index (κ2) is 5.82. The first-order chi connectivity index (χ1) is 8.65. The summed E-state index contributed by atoms with van der Waals surface area (Å²) in [6, 6.07) is 0. The second-order valence-electron chi connectivity index (χ2n) is 5.49. The lowest BCUT2D eigenvalue weighted by molar-refractivity contribution is -0.0196. The standard InChI is InChI=1S/C13H24N4O/c1-16(8-12-15-5-6-17(12)2)10-13(9-14)4-3-7-18-11-13/h5-6H,3-4,7-11,14H2,1-2H3. The van der Waals surface area contributed by atoms with Crippen molar-refractivity contribution in [3.8, 4) is 0 Å². The van der Waals surface area contributed by atoms with Gasteiger partial charge in [0.2, 0.25) is 0 Å². The molecule has 0 spiro atoms. The summed E-state index contributed by atoms with van der Waals surface area (Å²) in [5.74, 6) is 1.08. The number of hydrogen-bond acceptors (Lipinski definition) is 4. The Bertz CT molecular complexity index is 371. The van der Waals surface area contributed by atoms with Crippen molar-refractivity contribution in [2.24, 2.45) is 18.2 Å². The zero-order valence-electron chi connectivity index (χ0n) is 11.4. The number of aromatic nitrogens is 2. The summed E-state index contributed by atoms with van der Waals surface area (Å²) in [5.41, 5.74) is 6.09. The van der Waals surface area contributed by atoms with E-state index >= 15 is 0 Å². The number of nitrogens with zero attached hydrogens (tertiary/aromatic N) is 3. The van der Waals surface area contributed by atoms with E-state index in [1.807, 2.05) is 19.4 Å². The van der Waals surface area contributed by atoms with E-state index in [-0.39, 0.29) is 5.41 Å². The average Bonchev–Trinajstić information content (AvgIpc) is 2.76. The van der Waals surface area contributed by atoms with Crippen molar-refractivity contribution in [1.82, 2.24) is 14.5 Å². The predicted molar refractivity (Wildman–Crippen MR) is 71.1 cm³/mol. The van der Waals surface area contributed by atoms with Gasteiger partial charge < -0.3 is 15.0 Å². The Labute approximate surface area is 109 Å². The van der Waals surface area contributed by atoms with Gasteiger partial charge >= 0.3 is 0 Å². The molecule has 0 aromatic carbocycles. The molecule has 0 radical (unpaired) electrons. The fourth-order valence-corrected chi connectivity index (χ4v) is 2.68. The molecule has 1 saturated heterocycles. The van der Waals surface area contributed by atoms with Crippen LogP contribution in [0.3, 0.4) is 0 Å². The first kappa shape index (κ1) is 13.5. The molecule has 0 saturated carbocycles.